The van der Waals surface area contributed by atoms with E-state index in [2.05, 4.69) is 25.7 Å². The van der Waals surface area contributed by atoms with Crippen LogP contribution >= 0.6 is 0 Å². The van der Waals surface area contributed by atoms with Crippen molar-refractivity contribution in [1.29, 1.82) is 0 Å². The molecule has 0 bridgehead atoms. The van der Waals surface area contributed by atoms with E-state index in [1.165, 1.54) is 24.4 Å². The van der Waals surface area contributed by atoms with Crippen molar-refractivity contribution >= 4 is 57.0 Å². The Kier molecular flexibility index (Phi) is 18.1. The van der Waals surface area contributed by atoms with Crippen molar-refractivity contribution in [1.82, 2.24) is 30.1 Å². The van der Waals surface area contributed by atoms with Crippen LogP contribution < -0.4 is 26.4 Å². The van der Waals surface area contributed by atoms with Crippen LogP contribution in [0.4, 0.5) is 15.9 Å². The van der Waals surface area contributed by atoms with Crippen molar-refractivity contribution < 1.29 is 65.3 Å². The number of fused-ring (bicyclic) bond motifs is 2. The normalized spacial score (nSPS) is 17.8. The molecule has 6 amide bonds. The lowest BCUT2D eigenvalue weighted by molar-refractivity contribution is -0.136. The van der Waals surface area contributed by atoms with Gasteiger partial charge in [0.2, 0.25) is 27.7 Å². The number of sulfonamides is 1. The Labute approximate surface area is 427 Å². The number of nitrogen functional groups attached to an aromatic ring is 1. The third-order valence-corrected chi connectivity index (χ3v) is 14.4. The number of ether oxygens (including phenoxy) is 5. The number of imide groups is 2. The zero-order chi connectivity index (χ0) is 52.2. The Morgan fingerprint density at radius 1 is 0.770 bits per heavy atom. The number of rotatable bonds is 25. The Bertz CT molecular complexity index is 2870. The van der Waals surface area contributed by atoms with E-state index < -0.39 is 51.6 Å². The van der Waals surface area contributed by atoms with Crippen LogP contribution in [0.5, 0.6) is 0 Å². The fourth-order valence-corrected chi connectivity index (χ4v) is 10.4. The zero-order valence-corrected chi connectivity index (χ0v) is 41.5. The minimum absolute atomic E-state index is 0.0425. The standard InChI is InChI=1S/C51H59FN8O13S/c52-41-29-36(7-9-37(41)34-28-40(47(53)56-30-34)32-6-8-38-33(27-32)12-14-55-48(38)63)74(67,68)58-35-3-2-16-59(31-35)45(62)13-17-69-19-21-71-23-25-73-26-24-72-22-20-70-18-15-54-42-5-1-4-39-46(42)51(66)60(50(39)65)43-10-11-44(61)57-49(43)64/h1,4-9,27-30,35,43,54,58H,2-3,10-26,31H2,(H2,53,56)(H,55,63)(H,57,61,64)/t35-,43?/m1/s1. The van der Waals surface area contributed by atoms with Crippen molar-refractivity contribution in [3.8, 4) is 22.3 Å². The van der Waals surface area contributed by atoms with Crippen LogP contribution in [0.25, 0.3) is 22.3 Å². The molecule has 1 unspecified atom stereocenters. The minimum Gasteiger partial charge on any atom is -0.383 e. The number of likely N-dealkylation sites (tertiary alicyclic amines) is 1. The van der Waals surface area contributed by atoms with Crippen LogP contribution in [0.2, 0.25) is 0 Å². The van der Waals surface area contributed by atoms with Crippen LogP contribution in [0.3, 0.4) is 0 Å². The maximum absolute atomic E-state index is 15.7. The molecule has 2 atom stereocenters. The predicted molar refractivity (Wildman–Crippen MR) is 266 cm³/mol. The molecule has 8 rings (SSSR count). The van der Waals surface area contributed by atoms with Gasteiger partial charge in [-0.15, -0.1) is 0 Å². The van der Waals surface area contributed by atoms with Gasteiger partial charge in [-0.3, -0.25) is 39.0 Å². The van der Waals surface area contributed by atoms with Gasteiger partial charge in [0.15, 0.2) is 0 Å². The number of pyridine rings is 1. The van der Waals surface area contributed by atoms with Crippen LogP contribution in [0, 0.1) is 5.82 Å². The molecule has 4 aromatic rings. The number of nitrogens with two attached hydrogens (primary N) is 1. The van der Waals surface area contributed by atoms with Gasteiger partial charge < -0.3 is 45.0 Å². The summed E-state index contributed by atoms with van der Waals surface area (Å²) in [5.74, 6) is -3.12. The summed E-state index contributed by atoms with van der Waals surface area (Å²) in [6, 6.07) is 14.0. The first kappa shape index (κ1) is 53.6. The number of hydrogen-bond donors (Lipinski definition) is 5. The number of anilines is 2. The van der Waals surface area contributed by atoms with E-state index in [1.54, 1.807) is 35.2 Å². The number of amides is 6. The predicted octanol–water partition coefficient (Wildman–Crippen LogP) is 2.68. The molecule has 2 saturated heterocycles. The Morgan fingerprint density at radius 3 is 2.19 bits per heavy atom. The molecule has 0 spiro atoms. The summed E-state index contributed by atoms with van der Waals surface area (Å²) < 4.78 is 73.0. The lowest BCUT2D eigenvalue weighted by Gasteiger charge is -2.33. The monoisotopic (exact) mass is 1040 g/mol. The van der Waals surface area contributed by atoms with Gasteiger partial charge >= 0.3 is 0 Å². The molecule has 0 aliphatic carbocycles. The topological polar surface area (TPSA) is 276 Å². The summed E-state index contributed by atoms with van der Waals surface area (Å²) in [6.07, 6.45) is 3.40. The quantitative estimate of drug-likeness (QED) is 0.0472. The average molecular weight is 1040 g/mol. The average Bonchev–Trinajstić information content (AvgIpc) is 3.64. The molecule has 74 heavy (non-hydrogen) atoms. The smallest absolute Gasteiger partial charge is 0.264 e. The van der Waals surface area contributed by atoms with Gasteiger partial charge in [0.05, 0.1) is 88.5 Å². The van der Waals surface area contributed by atoms with E-state index in [0.717, 1.165) is 22.1 Å². The molecule has 1 aromatic heterocycles. The third kappa shape index (κ3) is 13.1. The van der Waals surface area contributed by atoms with Crippen LogP contribution in [0.15, 0.2) is 71.8 Å². The van der Waals surface area contributed by atoms with E-state index in [1.807, 2.05) is 6.07 Å². The van der Waals surface area contributed by atoms with E-state index in [9.17, 15) is 37.2 Å². The van der Waals surface area contributed by atoms with Gasteiger partial charge in [-0.05, 0) is 73.2 Å². The minimum atomic E-state index is -4.14. The van der Waals surface area contributed by atoms with Crippen molar-refractivity contribution in [2.45, 2.75) is 55.5 Å². The molecule has 5 heterocycles. The first-order valence-corrected chi connectivity index (χ1v) is 26.0. The van der Waals surface area contributed by atoms with Crippen molar-refractivity contribution in [2.75, 3.05) is 103 Å². The highest BCUT2D eigenvalue weighted by molar-refractivity contribution is 7.89. The molecule has 4 aliphatic heterocycles. The largest absolute Gasteiger partial charge is 0.383 e. The number of benzene rings is 3. The molecule has 394 valence electrons. The number of nitrogens with one attached hydrogen (secondary N) is 4. The third-order valence-electron chi connectivity index (χ3n) is 12.9. The van der Waals surface area contributed by atoms with Crippen LogP contribution in [-0.4, -0.2) is 163 Å². The highest BCUT2D eigenvalue weighted by Crippen LogP contribution is 2.35. The summed E-state index contributed by atoms with van der Waals surface area (Å²) in [4.78, 5) is 82.0. The SMILES string of the molecule is Nc1ncc(-c2ccc(S(=O)(=O)N[C@@H]3CCCN(C(=O)CCOCCOCCOCCOCCOCCNc4cccc5c4C(=O)N(C4CCC(=O)NC4=O)C5=O)C3)cc2F)cc1-c1ccc2c(c1)CCNC2=O. The number of halogens is 1. The van der Waals surface area contributed by atoms with Gasteiger partial charge in [0.1, 0.15) is 17.7 Å². The number of hydrogen-bond acceptors (Lipinski definition) is 16. The second-order valence-electron chi connectivity index (χ2n) is 17.9. The second kappa shape index (κ2) is 25.0. The Balaban J connectivity index is 0.647. The lowest BCUT2D eigenvalue weighted by atomic mass is 9.94. The van der Waals surface area contributed by atoms with Crippen LogP contribution in [0.1, 0.15) is 68.7 Å². The summed E-state index contributed by atoms with van der Waals surface area (Å²) in [5.41, 5.74) is 10.3. The molecule has 0 radical (unpaired) electrons. The number of piperidine rings is 2. The summed E-state index contributed by atoms with van der Waals surface area (Å²) in [7, 11) is -4.14. The van der Waals surface area contributed by atoms with Crippen molar-refractivity contribution in [3.05, 3.63) is 94.9 Å². The number of carbonyl (C=O) groups is 6. The molecular formula is C51H59FN8O13S. The summed E-state index contributed by atoms with van der Waals surface area (Å²) in [6.45, 7) is 4.56. The van der Waals surface area contributed by atoms with E-state index in [-0.39, 0.29) is 78.2 Å². The summed E-state index contributed by atoms with van der Waals surface area (Å²) >= 11 is 0. The molecule has 0 saturated carbocycles. The van der Waals surface area contributed by atoms with Gasteiger partial charge in [0, 0.05) is 72.8 Å². The number of aromatic nitrogens is 1. The van der Waals surface area contributed by atoms with Gasteiger partial charge in [-0.25, -0.2) is 22.5 Å². The van der Waals surface area contributed by atoms with E-state index in [0.29, 0.717) is 114 Å². The first-order chi connectivity index (χ1) is 35.8. The second-order valence-corrected chi connectivity index (χ2v) is 19.6. The highest BCUT2D eigenvalue weighted by atomic mass is 32.2. The van der Waals surface area contributed by atoms with Crippen molar-refractivity contribution in [2.24, 2.45) is 0 Å². The first-order valence-electron chi connectivity index (χ1n) is 24.5. The molecule has 23 heteroatoms. The molecule has 6 N–H and O–H groups in total. The molecule has 21 nitrogen and oxygen atoms in total. The van der Waals surface area contributed by atoms with Crippen molar-refractivity contribution in [3.63, 3.8) is 0 Å². The zero-order valence-electron chi connectivity index (χ0n) is 40.7. The fourth-order valence-electron chi connectivity index (χ4n) is 9.15. The highest BCUT2D eigenvalue weighted by Gasteiger charge is 2.45. The van der Waals surface area contributed by atoms with Gasteiger partial charge in [-0.1, -0.05) is 24.3 Å². The molecule has 2 fully saturated rings. The maximum atomic E-state index is 15.7. The maximum Gasteiger partial charge on any atom is 0.264 e. The lowest BCUT2D eigenvalue weighted by Crippen LogP contribution is -2.54. The summed E-state index contributed by atoms with van der Waals surface area (Å²) in [5, 5.41) is 8.13. The fraction of sp³-hybridized carbons (Fsp3) is 0.431. The van der Waals surface area contributed by atoms with Gasteiger partial charge in [0.25, 0.3) is 17.7 Å². The number of carbonyl (C=O) groups excluding carboxylic acids is 6. The molecule has 3 aromatic carbocycles. The Morgan fingerprint density at radius 2 is 1.47 bits per heavy atom. The molecule has 4 aliphatic rings. The van der Waals surface area contributed by atoms with E-state index in [4.69, 9.17) is 29.4 Å². The number of nitrogens with zero attached hydrogens (tertiary/aromatic N) is 3. The van der Waals surface area contributed by atoms with Gasteiger partial charge in [-0.2, -0.15) is 0 Å². The van der Waals surface area contributed by atoms with E-state index >= 15 is 4.39 Å². The molecular weight excluding hydrogens is 984 g/mol. The van der Waals surface area contributed by atoms with Crippen LogP contribution in [-0.2, 0) is 54.5 Å². The Hall–Kier alpha value is -6.73.